The van der Waals surface area contributed by atoms with Gasteiger partial charge in [-0.05, 0) is 89.0 Å². The minimum absolute atomic E-state index is 0. The maximum Gasteiger partial charge on any atom is 0 e. The van der Waals surface area contributed by atoms with Crippen LogP contribution in [0.2, 0.25) is 17.3 Å². The number of aromatic nitrogens is 3. The summed E-state index contributed by atoms with van der Waals surface area (Å²) in [5, 5.41) is 1.88. The second kappa shape index (κ2) is 18.1. The van der Waals surface area contributed by atoms with E-state index in [1.165, 1.54) is 10.5 Å². The molecule has 1 radical (unpaired) electrons. The summed E-state index contributed by atoms with van der Waals surface area (Å²) in [6.45, 7) is 10.1. The summed E-state index contributed by atoms with van der Waals surface area (Å²) in [4.78, 5) is 9.67. The third-order valence-corrected chi connectivity index (χ3v) is 16.1. The van der Waals surface area contributed by atoms with Crippen LogP contribution in [0.1, 0.15) is 37.5 Å². The molecule has 327 valence electrons. The molecule has 0 aliphatic carbocycles. The molecule has 0 aliphatic rings. The van der Waals surface area contributed by atoms with Gasteiger partial charge in [0.15, 0.2) is 0 Å². The van der Waals surface area contributed by atoms with Gasteiger partial charge >= 0.3 is 99.8 Å². The number of benzene rings is 7. The zero-order valence-electron chi connectivity index (χ0n) is 37.8. The van der Waals surface area contributed by atoms with Gasteiger partial charge in [-0.2, -0.15) is 0 Å². The number of imidazole rings is 1. The maximum absolute atomic E-state index is 15.1. The van der Waals surface area contributed by atoms with E-state index in [9.17, 15) is 4.39 Å². The van der Waals surface area contributed by atoms with Crippen LogP contribution in [0.25, 0.3) is 83.6 Å². The molecule has 3 aromatic heterocycles. The first kappa shape index (κ1) is 45.6. The van der Waals surface area contributed by atoms with Gasteiger partial charge in [-0.25, -0.2) is 8.78 Å². The Bertz CT molecular complexity index is 3310. The van der Waals surface area contributed by atoms with E-state index in [0.717, 1.165) is 55.5 Å². The Kier molecular flexibility index (Phi) is 12.7. The Morgan fingerprint density at radius 2 is 1.43 bits per heavy atom. The van der Waals surface area contributed by atoms with Gasteiger partial charge in [-0.15, -0.1) is 18.2 Å². The number of rotatable bonds is 6. The van der Waals surface area contributed by atoms with Crippen molar-refractivity contribution in [2.24, 2.45) is 0 Å². The number of hydrogen-bond donors (Lipinski definition) is 0. The number of furan rings is 1. The Morgan fingerprint density at radius 1 is 0.677 bits per heavy atom. The molecule has 0 spiro atoms. The van der Waals surface area contributed by atoms with Crippen molar-refractivity contribution >= 4 is 50.6 Å². The van der Waals surface area contributed by atoms with Crippen LogP contribution in [-0.4, -0.2) is 27.8 Å². The second-order valence-electron chi connectivity index (χ2n) is 18.5. The summed E-state index contributed by atoms with van der Waals surface area (Å²) in [6.07, 6.45) is 2.04. The van der Waals surface area contributed by atoms with Crippen LogP contribution in [0.5, 0.6) is 0 Å². The molecule has 0 fully saturated rings. The third kappa shape index (κ3) is 9.02. The first-order valence-corrected chi connectivity index (χ1v) is 29.0. The van der Waals surface area contributed by atoms with Crippen molar-refractivity contribution in [1.29, 1.82) is 0 Å². The Labute approximate surface area is 396 Å². The molecular weight excluding hydrogens is 1050 g/mol. The fourth-order valence-corrected chi connectivity index (χ4v) is 10.6. The van der Waals surface area contributed by atoms with Crippen molar-refractivity contribution < 1.29 is 33.3 Å². The summed E-state index contributed by atoms with van der Waals surface area (Å²) in [5.41, 5.74) is 12.3. The van der Waals surface area contributed by atoms with Crippen molar-refractivity contribution in [3.63, 3.8) is 0 Å². The SMILES string of the molecule is Cc1cc(-c2ccc3c(c2)oc2c(-c4nc5ccc(F)cc5n4-c4c(-c5ccccc5)cccc4C(C)(C)C)[c-]ccc23)cc(C)c1F.[CH3][Ge]([CH3])([CH3])[c]1ccc(-c2[c-]cccc2)nc1.[Ir]. The molecule has 8 heteroatoms. The average Bonchev–Trinajstić information content (AvgIpc) is 3.86. The number of fused-ring (bicyclic) bond motifs is 4. The van der Waals surface area contributed by atoms with Crippen LogP contribution in [-0.2, 0) is 25.5 Å². The normalized spacial score (nSPS) is 11.7. The molecule has 0 bridgehead atoms. The largest absolute Gasteiger partial charge is 0 e. The quantitative estimate of drug-likeness (QED) is 0.123. The molecule has 0 unspecified atom stereocenters. The Hall–Kier alpha value is -5.99. The first-order valence-electron chi connectivity index (χ1n) is 21.6. The van der Waals surface area contributed by atoms with E-state index in [4.69, 9.17) is 9.40 Å². The molecule has 0 aliphatic heterocycles. The molecular formula is C57H49F2GeIrN3O-2. The minimum atomic E-state index is -1.72. The van der Waals surface area contributed by atoms with Gasteiger partial charge in [-0.1, -0.05) is 92.4 Å². The number of aryl methyl sites for hydroxylation is 2. The topological polar surface area (TPSA) is 43.9 Å². The van der Waals surface area contributed by atoms with E-state index >= 15 is 4.39 Å². The predicted octanol–water partition coefficient (Wildman–Crippen LogP) is 15.0. The summed E-state index contributed by atoms with van der Waals surface area (Å²) in [6, 6.07) is 54.0. The van der Waals surface area contributed by atoms with Crippen molar-refractivity contribution in [3.05, 3.63) is 192 Å². The third-order valence-electron chi connectivity index (χ3n) is 11.8. The van der Waals surface area contributed by atoms with Gasteiger partial charge < -0.3 is 8.98 Å². The molecule has 10 rings (SSSR count). The monoisotopic (exact) mass is 1100 g/mol. The molecule has 65 heavy (non-hydrogen) atoms. The van der Waals surface area contributed by atoms with Crippen LogP contribution in [0.3, 0.4) is 0 Å². The van der Waals surface area contributed by atoms with Crippen molar-refractivity contribution in [2.75, 3.05) is 0 Å². The molecule has 4 nitrogen and oxygen atoms in total. The Morgan fingerprint density at radius 3 is 2.11 bits per heavy atom. The fraction of sp³-hybridized carbons (Fsp3) is 0.158. The fourth-order valence-electron chi connectivity index (χ4n) is 8.43. The summed E-state index contributed by atoms with van der Waals surface area (Å²) < 4.78 is 39.7. The molecule has 0 N–H and O–H groups in total. The number of halogens is 2. The number of para-hydroxylation sites is 1. The first-order chi connectivity index (χ1) is 30.7. The molecule has 7 aromatic carbocycles. The van der Waals surface area contributed by atoms with Crippen LogP contribution in [0, 0.1) is 37.6 Å². The predicted molar refractivity (Wildman–Crippen MR) is 263 cm³/mol. The van der Waals surface area contributed by atoms with E-state index < -0.39 is 13.3 Å². The number of hydrogen-bond acceptors (Lipinski definition) is 3. The van der Waals surface area contributed by atoms with E-state index in [2.05, 4.69) is 108 Å². The van der Waals surface area contributed by atoms with Gasteiger partial charge in [0, 0.05) is 31.1 Å². The van der Waals surface area contributed by atoms with E-state index in [1.54, 1.807) is 26.0 Å². The van der Waals surface area contributed by atoms with E-state index in [-0.39, 0.29) is 37.2 Å². The summed E-state index contributed by atoms with van der Waals surface area (Å²) >= 11 is -1.72. The zero-order chi connectivity index (χ0) is 44.9. The summed E-state index contributed by atoms with van der Waals surface area (Å²) in [5.74, 6) is 7.23. The van der Waals surface area contributed by atoms with Crippen LogP contribution in [0.4, 0.5) is 8.78 Å². The number of pyridine rings is 1. The van der Waals surface area contributed by atoms with E-state index in [1.807, 2.05) is 85.1 Å². The minimum Gasteiger partial charge on any atom is 0 e. The van der Waals surface area contributed by atoms with Crippen molar-refractivity contribution in [3.8, 4) is 50.6 Å². The zero-order valence-corrected chi connectivity index (χ0v) is 42.3. The van der Waals surface area contributed by atoms with Crippen molar-refractivity contribution in [2.45, 2.75) is 57.3 Å². The van der Waals surface area contributed by atoms with Gasteiger partial charge in [0.05, 0.1) is 28.1 Å². The van der Waals surface area contributed by atoms with Gasteiger partial charge in [-0.3, -0.25) is 4.98 Å². The Balaban J connectivity index is 0.000000287. The average molecular weight is 1090 g/mol. The summed E-state index contributed by atoms with van der Waals surface area (Å²) in [7, 11) is 0. The van der Waals surface area contributed by atoms with Gasteiger partial charge in [0.1, 0.15) is 17.2 Å². The molecule has 0 saturated carbocycles. The van der Waals surface area contributed by atoms with Crippen molar-refractivity contribution in [1.82, 2.24) is 14.5 Å². The molecule has 10 aromatic rings. The second-order valence-corrected chi connectivity index (χ2v) is 29.2. The van der Waals surface area contributed by atoms with Crippen LogP contribution < -0.4 is 4.40 Å². The molecule has 0 saturated heterocycles. The van der Waals surface area contributed by atoms with E-state index in [0.29, 0.717) is 44.7 Å². The molecule has 0 amide bonds. The van der Waals surface area contributed by atoms with Gasteiger partial charge in [0.25, 0.3) is 0 Å². The van der Waals surface area contributed by atoms with Crippen LogP contribution >= 0.6 is 0 Å². The standard InChI is InChI=1S/C43H33F2N2O.C14H16GeN.Ir/c1-25-21-29(22-26(2)39(25)45)28-17-19-32-33-14-9-15-34(41(33)48-38(32)23-28)42-46-36-20-18-30(44)24-37(36)47(42)40-31(27-11-7-6-8-12-27)13-10-16-35(40)43(3,4)5;1-15(2,3)13-9-10-14(16-11-13)12-7-5-4-6-8-12;/h6-14,16-24H,1-5H3;4-7,9-11H,1-3H3;/q2*-1;. The maximum atomic E-state index is 15.1. The smallest absolute Gasteiger partial charge is 0 e. The molecule has 3 heterocycles. The molecule has 0 atom stereocenters. The van der Waals surface area contributed by atoms with Gasteiger partial charge in [0.2, 0.25) is 0 Å². The number of nitrogens with zero attached hydrogens (tertiary/aromatic N) is 3. The van der Waals surface area contributed by atoms with Crippen LogP contribution in [0.15, 0.2) is 156 Å².